The molecule has 0 aliphatic heterocycles. The van der Waals surface area contributed by atoms with Crippen LogP contribution < -0.4 is 0 Å². The molecular weight excluding hydrogens is 266 g/mol. The number of hydrogen-bond donors (Lipinski definition) is 0. The number of rotatable bonds is 0. The van der Waals surface area contributed by atoms with Gasteiger partial charge in [-0.15, -0.1) is 11.3 Å². The number of nitrogens with zero attached hydrogens (tertiary/aromatic N) is 2. The van der Waals surface area contributed by atoms with E-state index in [1.54, 1.807) is 11.4 Å². The Morgan fingerprint density at radius 2 is 1.84 bits per heavy atom. The molecule has 2 nitrogen and oxygen atoms in total. The van der Waals surface area contributed by atoms with E-state index in [4.69, 9.17) is 5.26 Å². The molecule has 19 heavy (non-hydrogen) atoms. The molecule has 0 N–H and O–H groups in total. The summed E-state index contributed by atoms with van der Waals surface area (Å²) in [7, 11) is 0. The average Bonchev–Trinajstić information content (AvgIpc) is 2.81. The number of benzene rings is 1. The molecule has 0 radical (unpaired) electrons. The van der Waals surface area contributed by atoms with Gasteiger partial charge in [0, 0.05) is 10.9 Å². The second-order valence-corrected chi connectivity index (χ2v) is 4.90. The van der Waals surface area contributed by atoms with Gasteiger partial charge in [-0.05, 0) is 25.8 Å². The molecule has 0 aliphatic carbocycles. The summed E-state index contributed by atoms with van der Waals surface area (Å²) in [6.45, 7) is 3.12. The molecule has 5 heteroatoms. The van der Waals surface area contributed by atoms with E-state index in [0.717, 1.165) is 11.1 Å². The molecule has 0 fully saturated rings. The van der Waals surface area contributed by atoms with Crippen molar-refractivity contribution in [3.05, 3.63) is 50.5 Å². The van der Waals surface area contributed by atoms with Gasteiger partial charge in [-0.25, -0.2) is 13.8 Å². The van der Waals surface area contributed by atoms with Crippen molar-refractivity contribution >= 4 is 11.3 Å². The summed E-state index contributed by atoms with van der Waals surface area (Å²) in [6, 6.07) is 2.80. The maximum absolute atomic E-state index is 13.8. The molecule has 0 amide bonds. The highest BCUT2D eigenvalue weighted by Gasteiger charge is 2.13. The first-order valence-corrected chi connectivity index (χ1v) is 6.23. The predicted molar refractivity (Wildman–Crippen MR) is 68.6 cm³/mol. The monoisotopic (exact) mass is 274 g/mol. The van der Waals surface area contributed by atoms with E-state index >= 15 is 0 Å². The third-order valence-corrected chi connectivity index (χ3v) is 3.26. The lowest BCUT2D eigenvalue weighted by atomic mass is 10.1. The molecule has 1 aromatic heterocycles. The highest BCUT2D eigenvalue weighted by molar-refractivity contribution is 7.09. The standard InChI is InChI=1S/C14H8F2N2S/c1-8-13(15)10(5-11(6-17)14(8)16)3-4-12-7-19-9(2)18-12/h5,7H,1-2H3. The lowest BCUT2D eigenvalue weighted by molar-refractivity contribution is 0.563. The van der Waals surface area contributed by atoms with Crippen molar-refractivity contribution in [3.63, 3.8) is 0 Å². The second-order valence-electron chi connectivity index (χ2n) is 3.84. The Labute approximate surface area is 113 Å². The Balaban J connectivity index is 2.50. The quantitative estimate of drug-likeness (QED) is 0.691. The van der Waals surface area contributed by atoms with Crippen LogP contribution in [0.15, 0.2) is 11.4 Å². The summed E-state index contributed by atoms with van der Waals surface area (Å²) in [5, 5.41) is 11.4. The molecule has 0 aliphatic rings. The number of aromatic nitrogens is 1. The molecule has 0 saturated heterocycles. The van der Waals surface area contributed by atoms with Crippen LogP contribution in [0.25, 0.3) is 0 Å². The summed E-state index contributed by atoms with van der Waals surface area (Å²) in [6.07, 6.45) is 0. The van der Waals surface area contributed by atoms with Crippen LogP contribution in [0.5, 0.6) is 0 Å². The van der Waals surface area contributed by atoms with Crippen molar-refractivity contribution in [2.45, 2.75) is 13.8 Å². The van der Waals surface area contributed by atoms with Gasteiger partial charge in [0.25, 0.3) is 0 Å². The highest BCUT2D eigenvalue weighted by atomic mass is 32.1. The third-order valence-electron chi connectivity index (χ3n) is 2.48. The fourth-order valence-electron chi connectivity index (χ4n) is 1.50. The zero-order valence-corrected chi connectivity index (χ0v) is 11.0. The van der Waals surface area contributed by atoms with E-state index in [-0.39, 0.29) is 16.7 Å². The molecule has 1 aromatic carbocycles. The Hall–Kier alpha value is -2.24. The van der Waals surface area contributed by atoms with Crippen molar-refractivity contribution in [2.75, 3.05) is 0 Å². The Bertz CT molecular complexity index is 745. The highest BCUT2D eigenvalue weighted by Crippen LogP contribution is 2.19. The van der Waals surface area contributed by atoms with Crippen LogP contribution >= 0.6 is 11.3 Å². The van der Waals surface area contributed by atoms with Gasteiger partial charge in [0.2, 0.25) is 0 Å². The Morgan fingerprint density at radius 1 is 1.16 bits per heavy atom. The molecule has 0 spiro atoms. The molecule has 0 bridgehead atoms. The minimum absolute atomic E-state index is 0.00102. The first-order valence-electron chi connectivity index (χ1n) is 5.35. The summed E-state index contributed by atoms with van der Waals surface area (Å²) in [5.41, 5.74) is 0.124. The van der Waals surface area contributed by atoms with Crippen LogP contribution in [-0.2, 0) is 0 Å². The van der Waals surface area contributed by atoms with E-state index < -0.39 is 11.6 Å². The Morgan fingerprint density at radius 3 is 2.42 bits per heavy atom. The minimum atomic E-state index is -0.838. The lowest BCUT2D eigenvalue weighted by Crippen LogP contribution is -1.97. The Kier molecular flexibility index (Phi) is 3.59. The van der Waals surface area contributed by atoms with Crippen molar-refractivity contribution in [2.24, 2.45) is 0 Å². The molecule has 2 aromatic rings. The summed E-state index contributed by atoms with van der Waals surface area (Å²) >= 11 is 1.44. The maximum Gasteiger partial charge on any atom is 0.146 e. The maximum atomic E-state index is 13.8. The number of halogens is 2. The van der Waals surface area contributed by atoms with Crippen LogP contribution in [0.4, 0.5) is 8.78 Å². The van der Waals surface area contributed by atoms with Gasteiger partial charge in [-0.1, -0.05) is 5.92 Å². The van der Waals surface area contributed by atoms with Crippen molar-refractivity contribution in [3.8, 4) is 17.9 Å². The lowest BCUT2D eigenvalue weighted by Gasteiger charge is -2.02. The molecule has 2 rings (SSSR count). The average molecular weight is 274 g/mol. The van der Waals surface area contributed by atoms with Crippen molar-refractivity contribution < 1.29 is 8.78 Å². The zero-order valence-electron chi connectivity index (χ0n) is 10.2. The summed E-state index contributed by atoms with van der Waals surface area (Å²) < 4.78 is 27.3. The first kappa shape index (κ1) is 13.2. The van der Waals surface area contributed by atoms with Gasteiger partial charge >= 0.3 is 0 Å². The topological polar surface area (TPSA) is 36.7 Å². The molecule has 94 valence electrons. The van der Waals surface area contributed by atoms with Gasteiger partial charge in [-0.2, -0.15) is 5.26 Å². The van der Waals surface area contributed by atoms with E-state index in [1.165, 1.54) is 18.3 Å². The normalized spacial score (nSPS) is 9.63. The largest absolute Gasteiger partial charge is 0.233 e. The van der Waals surface area contributed by atoms with Gasteiger partial charge < -0.3 is 0 Å². The minimum Gasteiger partial charge on any atom is -0.233 e. The van der Waals surface area contributed by atoms with Crippen LogP contribution in [0.2, 0.25) is 0 Å². The van der Waals surface area contributed by atoms with E-state index in [1.807, 2.05) is 6.92 Å². The number of hydrogen-bond acceptors (Lipinski definition) is 3. The number of nitriles is 1. The molecular formula is C14H8F2N2S. The fourth-order valence-corrected chi connectivity index (χ4v) is 2.04. The van der Waals surface area contributed by atoms with Gasteiger partial charge in [-0.3, -0.25) is 0 Å². The van der Waals surface area contributed by atoms with Crippen LogP contribution in [0.3, 0.4) is 0 Å². The van der Waals surface area contributed by atoms with E-state index in [0.29, 0.717) is 5.69 Å². The van der Waals surface area contributed by atoms with Crippen LogP contribution in [-0.4, -0.2) is 4.98 Å². The number of thiazole rings is 1. The SMILES string of the molecule is Cc1nc(C#Cc2cc(C#N)c(F)c(C)c2F)cs1. The van der Waals surface area contributed by atoms with Gasteiger partial charge in [0.15, 0.2) is 0 Å². The smallest absolute Gasteiger partial charge is 0.146 e. The van der Waals surface area contributed by atoms with Gasteiger partial charge in [0.05, 0.1) is 16.1 Å². The second kappa shape index (κ2) is 5.17. The van der Waals surface area contributed by atoms with Crippen LogP contribution in [0.1, 0.15) is 27.4 Å². The van der Waals surface area contributed by atoms with E-state index in [2.05, 4.69) is 16.8 Å². The predicted octanol–water partition coefficient (Wildman–Crippen LogP) is 3.31. The zero-order chi connectivity index (χ0) is 14.0. The van der Waals surface area contributed by atoms with Crippen LogP contribution in [0, 0.1) is 48.7 Å². The van der Waals surface area contributed by atoms with Gasteiger partial charge in [0.1, 0.15) is 23.4 Å². The van der Waals surface area contributed by atoms with Crippen molar-refractivity contribution in [1.29, 1.82) is 5.26 Å². The molecule has 0 atom stereocenters. The molecule has 0 unspecified atom stereocenters. The third kappa shape index (κ3) is 2.62. The first-order chi connectivity index (χ1) is 9.02. The summed E-state index contributed by atoms with van der Waals surface area (Å²) in [4.78, 5) is 4.12. The fraction of sp³-hybridized carbons (Fsp3) is 0.143. The molecule has 0 saturated carbocycles. The summed E-state index contributed by atoms with van der Waals surface area (Å²) in [5.74, 6) is 3.71. The van der Waals surface area contributed by atoms with Crippen molar-refractivity contribution in [1.82, 2.24) is 4.98 Å². The van der Waals surface area contributed by atoms with E-state index in [9.17, 15) is 8.78 Å². The molecule has 1 heterocycles. The number of aryl methyl sites for hydroxylation is 1.